The number of piperidine rings is 1. The molecular weight excluding hydrogens is 480 g/mol. The van der Waals surface area contributed by atoms with Crippen molar-refractivity contribution in [3.63, 3.8) is 0 Å². The van der Waals surface area contributed by atoms with Crippen LogP contribution < -0.4 is 21.1 Å². The Morgan fingerprint density at radius 3 is 2.74 bits per heavy atom. The number of amides is 1. The number of fused-ring (bicyclic) bond motifs is 2. The van der Waals surface area contributed by atoms with Crippen molar-refractivity contribution >= 4 is 40.6 Å². The van der Waals surface area contributed by atoms with Crippen LogP contribution in [0.2, 0.25) is 10.0 Å². The second-order valence-corrected chi connectivity index (χ2v) is 9.29. The molecule has 1 fully saturated rings. The second-order valence-electron chi connectivity index (χ2n) is 8.51. The molecule has 1 amide bonds. The zero-order valence-corrected chi connectivity index (χ0v) is 19.8. The fourth-order valence-electron chi connectivity index (χ4n) is 4.67. The molecule has 5 rings (SSSR count). The van der Waals surface area contributed by atoms with Crippen molar-refractivity contribution in [2.24, 2.45) is 0 Å². The number of nitrogens with zero attached hydrogens (tertiary/aromatic N) is 2. The number of nitrogens with one attached hydrogen (secondary N) is 2. The van der Waals surface area contributed by atoms with Crippen LogP contribution in [-0.2, 0) is 10.2 Å². The van der Waals surface area contributed by atoms with Crippen molar-refractivity contribution in [2.75, 3.05) is 24.1 Å². The van der Waals surface area contributed by atoms with Gasteiger partial charge in [0.05, 0.1) is 22.3 Å². The van der Waals surface area contributed by atoms with E-state index in [4.69, 9.17) is 33.7 Å². The molecular formula is C24H22Cl2FN5O2. The maximum Gasteiger partial charge on any atom is 0.258 e. The standard InChI is InChI=1S/C24H22Cl2FN5O2/c1-12(19-15(25)3-4-16(27)20(19)26)34-22-21(28)30-11-18(31-22)13-2-5-17-14(10-13)24(23(33)32-17)6-8-29-9-7-24/h2-5,10-12,29H,6-9H2,1H3,(H2,28,30)(H,32,33)/t12-/m1/s1. The van der Waals surface area contributed by atoms with Gasteiger partial charge in [0, 0.05) is 21.8 Å². The molecule has 1 aromatic heterocycles. The molecule has 7 nitrogen and oxygen atoms in total. The number of aromatic nitrogens is 2. The van der Waals surface area contributed by atoms with Gasteiger partial charge < -0.3 is 21.1 Å². The number of nitrogen functional groups attached to an aromatic ring is 1. The van der Waals surface area contributed by atoms with Gasteiger partial charge in [0.15, 0.2) is 5.82 Å². The summed E-state index contributed by atoms with van der Waals surface area (Å²) in [4.78, 5) is 21.6. The van der Waals surface area contributed by atoms with Gasteiger partial charge in [-0.1, -0.05) is 29.3 Å². The lowest BCUT2D eigenvalue weighted by Gasteiger charge is -2.32. The number of rotatable bonds is 4. The lowest BCUT2D eigenvalue weighted by atomic mass is 9.74. The lowest BCUT2D eigenvalue weighted by Crippen LogP contribution is -2.44. The molecule has 0 radical (unpaired) electrons. The second kappa shape index (κ2) is 8.69. The summed E-state index contributed by atoms with van der Waals surface area (Å²) in [5, 5.41) is 6.48. The number of anilines is 2. The Balaban J connectivity index is 1.49. The van der Waals surface area contributed by atoms with Crippen LogP contribution >= 0.6 is 23.2 Å². The highest BCUT2D eigenvalue weighted by molar-refractivity contribution is 6.36. The molecule has 2 aromatic carbocycles. The van der Waals surface area contributed by atoms with E-state index in [9.17, 15) is 9.18 Å². The average Bonchev–Trinajstić information content (AvgIpc) is 3.09. The predicted octanol–water partition coefficient (Wildman–Crippen LogP) is 4.89. The smallest absolute Gasteiger partial charge is 0.258 e. The van der Waals surface area contributed by atoms with Gasteiger partial charge in [-0.05, 0) is 62.7 Å². The van der Waals surface area contributed by atoms with Crippen molar-refractivity contribution in [3.05, 3.63) is 63.5 Å². The Morgan fingerprint density at radius 2 is 1.97 bits per heavy atom. The summed E-state index contributed by atoms with van der Waals surface area (Å²) in [7, 11) is 0. The topological polar surface area (TPSA) is 102 Å². The zero-order chi connectivity index (χ0) is 24.0. The molecule has 10 heteroatoms. The Morgan fingerprint density at radius 1 is 1.21 bits per heavy atom. The summed E-state index contributed by atoms with van der Waals surface area (Å²) >= 11 is 12.3. The van der Waals surface area contributed by atoms with Gasteiger partial charge in [0.1, 0.15) is 11.9 Å². The fraction of sp³-hybridized carbons (Fsp3) is 0.292. The van der Waals surface area contributed by atoms with Gasteiger partial charge in [-0.2, -0.15) is 0 Å². The highest BCUT2D eigenvalue weighted by Crippen LogP contribution is 2.45. The highest BCUT2D eigenvalue weighted by Gasteiger charge is 2.47. The van der Waals surface area contributed by atoms with E-state index >= 15 is 0 Å². The van der Waals surface area contributed by atoms with Crippen molar-refractivity contribution in [2.45, 2.75) is 31.3 Å². The van der Waals surface area contributed by atoms with Crippen LogP contribution in [0.3, 0.4) is 0 Å². The Labute approximate surface area is 205 Å². The minimum atomic E-state index is -0.734. The first-order valence-corrected chi connectivity index (χ1v) is 11.7. The molecule has 3 aromatic rings. The molecule has 4 N–H and O–H groups in total. The molecule has 0 aliphatic carbocycles. The summed E-state index contributed by atoms with van der Waals surface area (Å²) in [6, 6.07) is 8.34. The number of ether oxygens (including phenoxy) is 1. The maximum atomic E-state index is 14.0. The average molecular weight is 502 g/mol. The minimum absolute atomic E-state index is 0.0336. The molecule has 2 aliphatic heterocycles. The van der Waals surface area contributed by atoms with Crippen molar-refractivity contribution < 1.29 is 13.9 Å². The normalized spacial score (nSPS) is 17.4. The number of hydrogen-bond donors (Lipinski definition) is 3. The van der Waals surface area contributed by atoms with Gasteiger partial charge in [0.25, 0.3) is 5.88 Å². The van der Waals surface area contributed by atoms with Crippen molar-refractivity contribution in [1.82, 2.24) is 15.3 Å². The highest BCUT2D eigenvalue weighted by atomic mass is 35.5. The quantitative estimate of drug-likeness (QED) is 0.440. The molecule has 176 valence electrons. The van der Waals surface area contributed by atoms with E-state index in [0.717, 1.165) is 42.7 Å². The van der Waals surface area contributed by atoms with Crippen LogP contribution in [0.1, 0.15) is 37.0 Å². The van der Waals surface area contributed by atoms with Crippen LogP contribution in [0.15, 0.2) is 36.5 Å². The van der Waals surface area contributed by atoms with E-state index in [1.54, 1.807) is 13.1 Å². The largest absolute Gasteiger partial charge is 0.467 e. The molecule has 34 heavy (non-hydrogen) atoms. The van der Waals surface area contributed by atoms with E-state index in [2.05, 4.69) is 20.6 Å². The molecule has 1 atom stereocenters. The Bertz CT molecular complexity index is 1300. The molecule has 0 unspecified atom stereocenters. The third-order valence-electron chi connectivity index (χ3n) is 6.51. The third-order valence-corrected chi connectivity index (χ3v) is 7.23. The number of nitrogens with two attached hydrogens (primary N) is 1. The third kappa shape index (κ3) is 3.76. The summed E-state index contributed by atoms with van der Waals surface area (Å²) < 4.78 is 19.9. The van der Waals surface area contributed by atoms with Gasteiger partial charge >= 0.3 is 0 Å². The van der Waals surface area contributed by atoms with E-state index in [-0.39, 0.29) is 27.7 Å². The van der Waals surface area contributed by atoms with E-state index in [1.165, 1.54) is 12.1 Å². The number of carbonyl (C=O) groups is 1. The fourth-order valence-corrected chi connectivity index (χ4v) is 5.35. The van der Waals surface area contributed by atoms with Crippen LogP contribution in [0, 0.1) is 5.82 Å². The van der Waals surface area contributed by atoms with Gasteiger partial charge in [0.2, 0.25) is 5.91 Å². The van der Waals surface area contributed by atoms with Gasteiger partial charge in [-0.15, -0.1) is 0 Å². The molecule has 1 spiro atoms. The van der Waals surface area contributed by atoms with Crippen LogP contribution in [0.25, 0.3) is 11.3 Å². The molecule has 1 saturated heterocycles. The van der Waals surface area contributed by atoms with Gasteiger partial charge in [-0.25, -0.2) is 14.4 Å². The number of hydrogen-bond acceptors (Lipinski definition) is 6. The molecule has 2 aliphatic rings. The Kier molecular flexibility index (Phi) is 5.83. The summed E-state index contributed by atoms with van der Waals surface area (Å²) in [6.07, 6.45) is 2.27. The summed E-state index contributed by atoms with van der Waals surface area (Å²) in [5.41, 5.74) is 8.86. The van der Waals surface area contributed by atoms with Gasteiger partial charge in [-0.3, -0.25) is 4.79 Å². The van der Waals surface area contributed by atoms with Crippen LogP contribution in [0.5, 0.6) is 5.88 Å². The summed E-state index contributed by atoms with van der Waals surface area (Å²) in [5.74, 6) is -0.413. The van der Waals surface area contributed by atoms with Crippen LogP contribution in [-0.4, -0.2) is 29.0 Å². The van der Waals surface area contributed by atoms with Crippen molar-refractivity contribution in [3.8, 4) is 17.1 Å². The SMILES string of the molecule is C[C@@H](Oc1nc(-c2ccc3c(c2)C2(CCNCC2)C(=O)N3)cnc1N)c1c(Cl)ccc(F)c1Cl. The van der Waals surface area contributed by atoms with E-state index in [0.29, 0.717) is 11.3 Å². The van der Waals surface area contributed by atoms with Crippen molar-refractivity contribution in [1.29, 1.82) is 0 Å². The van der Waals surface area contributed by atoms with Crippen LogP contribution in [0.4, 0.5) is 15.9 Å². The molecule has 0 saturated carbocycles. The Hall–Kier alpha value is -2.94. The molecule has 0 bridgehead atoms. The first kappa shape index (κ1) is 22.8. The summed E-state index contributed by atoms with van der Waals surface area (Å²) in [6.45, 7) is 3.23. The minimum Gasteiger partial charge on any atom is -0.467 e. The number of carbonyl (C=O) groups excluding carboxylic acids is 1. The predicted molar refractivity (Wildman–Crippen MR) is 130 cm³/mol. The van der Waals surface area contributed by atoms with E-state index in [1.807, 2.05) is 18.2 Å². The molecule has 3 heterocycles. The number of halogens is 3. The number of benzene rings is 2. The van der Waals surface area contributed by atoms with E-state index < -0.39 is 17.3 Å². The lowest BCUT2D eigenvalue weighted by molar-refractivity contribution is -0.121. The first-order valence-electron chi connectivity index (χ1n) is 10.9. The maximum absolute atomic E-state index is 14.0. The monoisotopic (exact) mass is 501 g/mol. The zero-order valence-electron chi connectivity index (χ0n) is 18.3. The first-order chi connectivity index (χ1) is 16.3.